The molecule has 1 aliphatic heterocycles. The van der Waals surface area contributed by atoms with Crippen molar-refractivity contribution in [2.24, 2.45) is 5.92 Å². The number of nitrogens with zero attached hydrogens (tertiary/aromatic N) is 1. The van der Waals surface area contributed by atoms with Gasteiger partial charge in [0.1, 0.15) is 6.04 Å². The monoisotopic (exact) mass is 282 g/mol. The molecule has 0 aromatic carbocycles. The first-order valence-corrected chi connectivity index (χ1v) is 7.81. The van der Waals surface area contributed by atoms with Gasteiger partial charge in [0, 0.05) is 6.61 Å². The van der Waals surface area contributed by atoms with Gasteiger partial charge in [-0.05, 0) is 32.6 Å². The average molecular weight is 282 g/mol. The van der Waals surface area contributed by atoms with Gasteiger partial charge >= 0.3 is 0 Å². The number of rotatable bonds is 5. The van der Waals surface area contributed by atoms with E-state index in [4.69, 9.17) is 4.74 Å². The maximum absolute atomic E-state index is 12.6. The Bertz CT molecular complexity index is 353. The van der Waals surface area contributed by atoms with Crippen LogP contribution in [0, 0.1) is 5.92 Å². The molecular formula is C15H26N2O3. The topological polar surface area (TPSA) is 58.6 Å². The van der Waals surface area contributed by atoms with Crippen molar-refractivity contribution in [1.29, 1.82) is 0 Å². The maximum Gasteiger partial charge on any atom is 0.246 e. The molecule has 0 aromatic heterocycles. The number of carbonyl (C=O) groups excluding carboxylic acids is 2. The predicted molar refractivity (Wildman–Crippen MR) is 76.2 cm³/mol. The Hall–Kier alpha value is -1.10. The summed E-state index contributed by atoms with van der Waals surface area (Å²) >= 11 is 0. The third kappa shape index (κ3) is 3.51. The molecule has 0 bridgehead atoms. The summed E-state index contributed by atoms with van der Waals surface area (Å²) in [5.74, 6) is 0.342. The van der Waals surface area contributed by atoms with Crippen LogP contribution in [0.4, 0.5) is 0 Å². The molecule has 2 rings (SSSR count). The van der Waals surface area contributed by atoms with Crippen molar-refractivity contribution < 1.29 is 14.3 Å². The molecule has 0 spiro atoms. The smallest absolute Gasteiger partial charge is 0.246 e. The lowest BCUT2D eigenvalue weighted by molar-refractivity contribution is -0.149. The average Bonchev–Trinajstić information content (AvgIpc) is 2.47. The molecule has 2 aliphatic rings. The Kier molecular flexibility index (Phi) is 5.40. The highest BCUT2D eigenvalue weighted by atomic mass is 16.5. The molecule has 114 valence electrons. The van der Waals surface area contributed by atoms with Crippen molar-refractivity contribution >= 4 is 11.8 Å². The Morgan fingerprint density at radius 3 is 2.65 bits per heavy atom. The van der Waals surface area contributed by atoms with Gasteiger partial charge in [0.05, 0.1) is 19.2 Å². The molecule has 1 heterocycles. The Morgan fingerprint density at radius 2 is 2.00 bits per heavy atom. The molecule has 1 aliphatic carbocycles. The van der Waals surface area contributed by atoms with E-state index in [1.165, 1.54) is 19.3 Å². The molecule has 5 nitrogen and oxygen atoms in total. The summed E-state index contributed by atoms with van der Waals surface area (Å²) < 4.78 is 5.39. The minimum absolute atomic E-state index is 0.0384. The number of carbonyl (C=O) groups is 2. The second-order valence-electron chi connectivity index (χ2n) is 5.92. The zero-order chi connectivity index (χ0) is 14.5. The summed E-state index contributed by atoms with van der Waals surface area (Å²) in [7, 11) is 0. The van der Waals surface area contributed by atoms with Crippen LogP contribution >= 0.6 is 0 Å². The number of piperazine rings is 1. The number of hydrogen-bond donors (Lipinski definition) is 1. The standard InChI is InChI=1S/C15H26N2O3/c1-3-20-10-11(2)17-9-13(18)16-14(15(17)19)12-7-5-4-6-8-12/h11-12,14H,3-10H2,1-2H3,(H,16,18). The number of hydrogen-bond acceptors (Lipinski definition) is 3. The molecule has 2 atom stereocenters. The van der Waals surface area contributed by atoms with Crippen molar-refractivity contribution in [1.82, 2.24) is 10.2 Å². The van der Waals surface area contributed by atoms with Crippen LogP contribution in [-0.2, 0) is 14.3 Å². The molecule has 2 unspecified atom stereocenters. The van der Waals surface area contributed by atoms with Gasteiger partial charge < -0.3 is 15.0 Å². The molecule has 0 radical (unpaired) electrons. The first-order valence-electron chi connectivity index (χ1n) is 7.81. The van der Waals surface area contributed by atoms with E-state index < -0.39 is 0 Å². The van der Waals surface area contributed by atoms with Gasteiger partial charge in [-0.3, -0.25) is 9.59 Å². The quantitative estimate of drug-likeness (QED) is 0.827. The zero-order valence-corrected chi connectivity index (χ0v) is 12.6. The molecular weight excluding hydrogens is 256 g/mol. The van der Waals surface area contributed by atoms with Gasteiger partial charge in [-0.2, -0.15) is 0 Å². The fraction of sp³-hybridized carbons (Fsp3) is 0.867. The van der Waals surface area contributed by atoms with Gasteiger partial charge in [-0.1, -0.05) is 19.3 Å². The Morgan fingerprint density at radius 1 is 1.30 bits per heavy atom. The van der Waals surface area contributed by atoms with Crippen LogP contribution in [0.25, 0.3) is 0 Å². The molecule has 5 heteroatoms. The minimum atomic E-state index is -0.319. The highest BCUT2D eigenvalue weighted by Crippen LogP contribution is 2.28. The van der Waals surface area contributed by atoms with Crippen LogP contribution in [0.5, 0.6) is 0 Å². The number of ether oxygens (including phenoxy) is 1. The van der Waals surface area contributed by atoms with E-state index in [1.54, 1.807) is 4.90 Å². The van der Waals surface area contributed by atoms with E-state index in [0.29, 0.717) is 19.1 Å². The molecule has 2 amide bonds. The van der Waals surface area contributed by atoms with Gasteiger partial charge in [0.15, 0.2) is 0 Å². The van der Waals surface area contributed by atoms with E-state index in [9.17, 15) is 9.59 Å². The zero-order valence-electron chi connectivity index (χ0n) is 12.6. The Labute approximate surface area is 121 Å². The third-order valence-corrected chi connectivity index (χ3v) is 4.40. The minimum Gasteiger partial charge on any atom is -0.380 e. The van der Waals surface area contributed by atoms with Gasteiger partial charge in [-0.25, -0.2) is 0 Å². The number of nitrogens with one attached hydrogen (secondary N) is 1. The molecule has 0 aromatic rings. The summed E-state index contributed by atoms with van der Waals surface area (Å²) in [5.41, 5.74) is 0. The van der Waals surface area contributed by atoms with Gasteiger partial charge in [0.25, 0.3) is 0 Å². The van der Waals surface area contributed by atoms with Crippen molar-refractivity contribution in [3.8, 4) is 0 Å². The van der Waals surface area contributed by atoms with E-state index in [0.717, 1.165) is 12.8 Å². The molecule has 1 saturated heterocycles. The summed E-state index contributed by atoms with van der Waals surface area (Å²) in [5, 5.41) is 2.91. The van der Waals surface area contributed by atoms with Crippen LogP contribution < -0.4 is 5.32 Å². The normalized spacial score (nSPS) is 26.5. The summed E-state index contributed by atoms with van der Waals surface area (Å²) in [4.78, 5) is 26.2. The van der Waals surface area contributed by atoms with Crippen molar-refractivity contribution in [3.05, 3.63) is 0 Å². The van der Waals surface area contributed by atoms with Crippen LogP contribution in [0.2, 0.25) is 0 Å². The van der Waals surface area contributed by atoms with Crippen LogP contribution in [0.3, 0.4) is 0 Å². The summed E-state index contributed by atoms with van der Waals surface area (Å²) in [6.45, 7) is 5.17. The van der Waals surface area contributed by atoms with Crippen molar-refractivity contribution in [2.45, 2.75) is 58.0 Å². The van der Waals surface area contributed by atoms with Crippen LogP contribution in [-0.4, -0.2) is 48.6 Å². The predicted octanol–water partition coefficient (Wildman–Crippen LogP) is 1.32. The lowest BCUT2D eigenvalue weighted by atomic mass is 9.82. The van der Waals surface area contributed by atoms with Gasteiger partial charge in [-0.15, -0.1) is 0 Å². The first-order chi connectivity index (χ1) is 9.63. The van der Waals surface area contributed by atoms with E-state index >= 15 is 0 Å². The summed E-state index contributed by atoms with van der Waals surface area (Å²) in [6.07, 6.45) is 5.67. The van der Waals surface area contributed by atoms with Crippen molar-refractivity contribution in [3.63, 3.8) is 0 Å². The second-order valence-corrected chi connectivity index (χ2v) is 5.92. The fourth-order valence-electron chi connectivity index (χ4n) is 3.23. The molecule has 1 N–H and O–H groups in total. The van der Waals surface area contributed by atoms with Crippen molar-refractivity contribution in [2.75, 3.05) is 19.8 Å². The molecule has 2 fully saturated rings. The highest BCUT2D eigenvalue weighted by molar-refractivity contribution is 5.95. The van der Waals surface area contributed by atoms with Gasteiger partial charge in [0.2, 0.25) is 11.8 Å². The molecule has 20 heavy (non-hydrogen) atoms. The third-order valence-electron chi connectivity index (χ3n) is 4.40. The molecule has 1 saturated carbocycles. The van der Waals surface area contributed by atoms with E-state index in [2.05, 4.69) is 5.32 Å². The van der Waals surface area contributed by atoms with Crippen LogP contribution in [0.15, 0.2) is 0 Å². The second kappa shape index (κ2) is 7.07. The lowest BCUT2D eigenvalue weighted by Gasteiger charge is -2.40. The Balaban J connectivity index is 2.02. The highest BCUT2D eigenvalue weighted by Gasteiger charge is 2.39. The summed E-state index contributed by atoms with van der Waals surface area (Å²) in [6, 6.07) is -0.361. The fourth-order valence-corrected chi connectivity index (χ4v) is 3.23. The lowest BCUT2D eigenvalue weighted by Crippen LogP contribution is -2.63. The van der Waals surface area contributed by atoms with E-state index in [1.807, 2.05) is 13.8 Å². The largest absolute Gasteiger partial charge is 0.380 e. The van der Waals surface area contributed by atoms with E-state index in [-0.39, 0.29) is 30.4 Å². The first kappa shape index (κ1) is 15.3. The SMILES string of the molecule is CCOCC(C)N1CC(=O)NC(C2CCCCC2)C1=O. The maximum atomic E-state index is 12.6. The number of amides is 2. The van der Waals surface area contributed by atoms with Crippen LogP contribution in [0.1, 0.15) is 46.0 Å².